The number of nitrogens with one attached hydrogen (secondary N) is 1. The minimum atomic E-state index is 0.515. The summed E-state index contributed by atoms with van der Waals surface area (Å²) in [7, 11) is 0. The van der Waals surface area contributed by atoms with Gasteiger partial charge in [0.1, 0.15) is 11.5 Å². The van der Waals surface area contributed by atoms with Gasteiger partial charge in [0.25, 0.3) is 0 Å². The van der Waals surface area contributed by atoms with Gasteiger partial charge in [0, 0.05) is 39.1 Å². The fraction of sp³-hybridized carbons (Fsp3) is 0.429. The third kappa shape index (κ3) is 2.63. The SMILES string of the molecule is O=Cc1nc(CCN2CCNCC2)n2c(Br)cccc12. The molecule has 3 rings (SSSR count). The predicted octanol–water partition coefficient (Wildman–Crippen LogP) is 1.36. The highest BCUT2D eigenvalue weighted by Gasteiger charge is 2.15. The summed E-state index contributed by atoms with van der Waals surface area (Å²) in [5.74, 6) is 0.938. The van der Waals surface area contributed by atoms with Crippen molar-refractivity contribution in [2.24, 2.45) is 0 Å². The summed E-state index contributed by atoms with van der Waals surface area (Å²) in [5, 5.41) is 3.35. The van der Waals surface area contributed by atoms with Crippen molar-refractivity contribution in [2.45, 2.75) is 6.42 Å². The van der Waals surface area contributed by atoms with Crippen LogP contribution in [0.2, 0.25) is 0 Å². The fourth-order valence-corrected chi connectivity index (χ4v) is 3.19. The van der Waals surface area contributed by atoms with Gasteiger partial charge in [-0.1, -0.05) is 6.07 Å². The number of imidazole rings is 1. The molecule has 1 aliphatic heterocycles. The smallest absolute Gasteiger partial charge is 0.170 e. The molecule has 1 aliphatic rings. The van der Waals surface area contributed by atoms with Crippen LogP contribution in [0.1, 0.15) is 16.3 Å². The van der Waals surface area contributed by atoms with Crippen LogP contribution in [0.25, 0.3) is 5.52 Å². The zero-order valence-electron chi connectivity index (χ0n) is 11.2. The summed E-state index contributed by atoms with van der Waals surface area (Å²) in [6.07, 6.45) is 1.67. The Bertz CT molecular complexity index is 619. The first-order chi connectivity index (χ1) is 9.79. The van der Waals surface area contributed by atoms with Crippen LogP contribution in [0, 0.1) is 0 Å². The van der Waals surface area contributed by atoms with Crippen molar-refractivity contribution in [3.05, 3.63) is 34.3 Å². The standard InChI is InChI=1S/C14H17BrN4O/c15-13-3-1-2-12-11(10-20)17-14(19(12)13)4-7-18-8-5-16-6-9-18/h1-3,10,16H,4-9H2. The highest BCUT2D eigenvalue weighted by Crippen LogP contribution is 2.19. The van der Waals surface area contributed by atoms with Crippen molar-refractivity contribution in [1.82, 2.24) is 19.6 Å². The van der Waals surface area contributed by atoms with Crippen molar-refractivity contribution in [1.29, 1.82) is 0 Å². The second-order valence-electron chi connectivity index (χ2n) is 4.94. The minimum absolute atomic E-state index is 0.515. The number of pyridine rings is 1. The first-order valence-electron chi connectivity index (χ1n) is 6.83. The van der Waals surface area contributed by atoms with Gasteiger partial charge in [0.15, 0.2) is 6.29 Å². The third-order valence-electron chi connectivity index (χ3n) is 3.69. The summed E-state index contributed by atoms with van der Waals surface area (Å²) >= 11 is 3.54. The third-order valence-corrected chi connectivity index (χ3v) is 4.30. The van der Waals surface area contributed by atoms with Crippen molar-refractivity contribution in [2.75, 3.05) is 32.7 Å². The second-order valence-corrected chi connectivity index (χ2v) is 5.75. The quantitative estimate of drug-likeness (QED) is 0.676. The van der Waals surface area contributed by atoms with E-state index in [1.165, 1.54) is 0 Å². The molecule has 0 amide bonds. The van der Waals surface area contributed by atoms with Gasteiger partial charge in [-0.2, -0.15) is 0 Å². The van der Waals surface area contributed by atoms with Gasteiger partial charge in [0.05, 0.1) is 10.1 Å². The van der Waals surface area contributed by atoms with Gasteiger partial charge in [0.2, 0.25) is 0 Å². The average molecular weight is 337 g/mol. The lowest BCUT2D eigenvalue weighted by Gasteiger charge is -2.26. The summed E-state index contributed by atoms with van der Waals surface area (Å²) in [6.45, 7) is 5.22. The molecule has 5 nitrogen and oxygen atoms in total. The minimum Gasteiger partial charge on any atom is -0.314 e. The topological polar surface area (TPSA) is 49.6 Å². The molecule has 0 unspecified atom stereocenters. The molecule has 20 heavy (non-hydrogen) atoms. The normalized spacial score (nSPS) is 16.6. The van der Waals surface area contributed by atoms with E-state index >= 15 is 0 Å². The molecule has 0 atom stereocenters. The number of carbonyl (C=O) groups is 1. The van der Waals surface area contributed by atoms with Crippen molar-refractivity contribution >= 4 is 27.7 Å². The largest absolute Gasteiger partial charge is 0.314 e. The molecule has 106 valence electrons. The molecular formula is C14H17BrN4O. The molecule has 2 aromatic rings. The van der Waals surface area contributed by atoms with Gasteiger partial charge in [-0.05, 0) is 28.1 Å². The number of nitrogens with zero attached hydrogens (tertiary/aromatic N) is 3. The highest BCUT2D eigenvalue weighted by atomic mass is 79.9. The van der Waals surface area contributed by atoms with E-state index in [0.29, 0.717) is 5.69 Å². The molecule has 0 aliphatic carbocycles. The van der Waals surface area contributed by atoms with Crippen LogP contribution in [0.4, 0.5) is 0 Å². The zero-order valence-corrected chi connectivity index (χ0v) is 12.8. The summed E-state index contributed by atoms with van der Waals surface area (Å²) in [4.78, 5) is 18.0. The highest BCUT2D eigenvalue weighted by molar-refractivity contribution is 9.10. The molecule has 0 bridgehead atoms. The number of piperazine rings is 1. The lowest BCUT2D eigenvalue weighted by Crippen LogP contribution is -2.44. The molecule has 1 N–H and O–H groups in total. The van der Waals surface area contributed by atoms with E-state index in [0.717, 1.165) is 61.4 Å². The Hall–Kier alpha value is -1.24. The van der Waals surface area contributed by atoms with Gasteiger partial charge < -0.3 is 10.2 Å². The number of hydrogen-bond donors (Lipinski definition) is 1. The summed E-state index contributed by atoms with van der Waals surface area (Å²) in [6, 6.07) is 5.82. The number of hydrogen-bond acceptors (Lipinski definition) is 4. The first-order valence-corrected chi connectivity index (χ1v) is 7.63. The Morgan fingerprint density at radius 1 is 1.35 bits per heavy atom. The van der Waals surface area contributed by atoms with E-state index < -0.39 is 0 Å². The maximum Gasteiger partial charge on any atom is 0.170 e. The molecular weight excluding hydrogens is 320 g/mol. The maximum atomic E-state index is 11.1. The van der Waals surface area contributed by atoms with Crippen molar-refractivity contribution in [3.63, 3.8) is 0 Å². The maximum absolute atomic E-state index is 11.1. The van der Waals surface area contributed by atoms with Crippen molar-refractivity contribution < 1.29 is 4.79 Å². The Balaban J connectivity index is 1.85. The van der Waals surface area contributed by atoms with Crippen molar-refractivity contribution in [3.8, 4) is 0 Å². The average Bonchev–Trinajstić information content (AvgIpc) is 2.86. The van der Waals surface area contributed by atoms with Crippen LogP contribution in [0.15, 0.2) is 22.8 Å². The van der Waals surface area contributed by atoms with E-state index in [1.54, 1.807) is 0 Å². The Kier molecular flexibility index (Phi) is 4.14. The van der Waals surface area contributed by atoms with Crippen LogP contribution in [0.5, 0.6) is 0 Å². The Morgan fingerprint density at radius 2 is 2.15 bits per heavy atom. The lowest BCUT2D eigenvalue weighted by atomic mass is 10.3. The first kappa shape index (κ1) is 13.7. The molecule has 6 heteroatoms. The molecule has 0 saturated carbocycles. The fourth-order valence-electron chi connectivity index (χ4n) is 2.64. The number of fused-ring (bicyclic) bond motifs is 1. The van der Waals surface area contributed by atoms with Crippen LogP contribution < -0.4 is 5.32 Å². The van der Waals surface area contributed by atoms with E-state index in [2.05, 4.69) is 31.1 Å². The van der Waals surface area contributed by atoms with E-state index in [9.17, 15) is 4.79 Å². The predicted molar refractivity (Wildman–Crippen MR) is 81.3 cm³/mol. The van der Waals surface area contributed by atoms with Gasteiger partial charge in [-0.25, -0.2) is 4.98 Å². The monoisotopic (exact) mass is 336 g/mol. The van der Waals surface area contributed by atoms with E-state index in [-0.39, 0.29) is 0 Å². The molecule has 0 spiro atoms. The zero-order chi connectivity index (χ0) is 13.9. The van der Waals surface area contributed by atoms with Crippen LogP contribution in [-0.2, 0) is 6.42 Å². The van der Waals surface area contributed by atoms with Crippen LogP contribution in [-0.4, -0.2) is 53.3 Å². The van der Waals surface area contributed by atoms with Gasteiger partial charge in [-0.15, -0.1) is 0 Å². The molecule has 0 aromatic carbocycles. The Labute approximate surface area is 126 Å². The van der Waals surface area contributed by atoms with E-state index in [1.807, 2.05) is 22.6 Å². The number of rotatable bonds is 4. The number of aldehydes is 1. The second kappa shape index (κ2) is 6.03. The number of carbonyl (C=O) groups excluding carboxylic acids is 1. The van der Waals surface area contributed by atoms with Gasteiger partial charge in [-0.3, -0.25) is 9.20 Å². The molecule has 3 heterocycles. The summed E-state index contributed by atoms with van der Waals surface area (Å²) in [5.41, 5.74) is 1.38. The molecule has 1 fully saturated rings. The lowest BCUT2D eigenvalue weighted by molar-refractivity contribution is 0.112. The van der Waals surface area contributed by atoms with Crippen LogP contribution in [0.3, 0.4) is 0 Å². The molecule has 2 aromatic heterocycles. The van der Waals surface area contributed by atoms with Crippen LogP contribution >= 0.6 is 15.9 Å². The molecule has 0 radical (unpaired) electrons. The Morgan fingerprint density at radius 3 is 2.90 bits per heavy atom. The summed E-state index contributed by atoms with van der Waals surface area (Å²) < 4.78 is 2.96. The number of aromatic nitrogens is 2. The van der Waals surface area contributed by atoms with E-state index in [4.69, 9.17) is 0 Å². The number of halogens is 1. The molecule has 1 saturated heterocycles. The van der Waals surface area contributed by atoms with Gasteiger partial charge >= 0.3 is 0 Å².